The fourth-order valence-corrected chi connectivity index (χ4v) is 1.66. The molecule has 0 bridgehead atoms. The van der Waals surface area contributed by atoms with E-state index in [4.69, 9.17) is 0 Å². The molecule has 0 saturated carbocycles. The first-order valence-corrected chi connectivity index (χ1v) is 5.68. The van der Waals surface area contributed by atoms with Crippen LogP contribution in [0.4, 0.5) is 0 Å². The molecule has 0 fully saturated rings. The highest BCUT2D eigenvalue weighted by atomic mass is 16.1. The molecule has 0 amide bonds. The minimum atomic E-state index is -0.0529. The number of nitrogens with one attached hydrogen (secondary N) is 1. The summed E-state index contributed by atoms with van der Waals surface area (Å²) in [5.74, 6) is 0.819. The largest absolute Gasteiger partial charge is 0.348 e. The number of hydrogen-bond acceptors (Lipinski definition) is 3. The van der Waals surface area contributed by atoms with Crippen LogP contribution in [0.3, 0.4) is 0 Å². The lowest BCUT2D eigenvalue weighted by atomic mass is 9.98. The maximum atomic E-state index is 11.1. The fourth-order valence-electron chi connectivity index (χ4n) is 1.66. The van der Waals surface area contributed by atoms with E-state index in [2.05, 4.69) is 16.9 Å². The van der Waals surface area contributed by atoms with E-state index < -0.39 is 0 Å². The zero-order valence-electron chi connectivity index (χ0n) is 9.82. The average molecular weight is 222 g/mol. The molecular formula is C12H18N2O2. The average Bonchev–Trinajstić information content (AvgIpc) is 2.73. The summed E-state index contributed by atoms with van der Waals surface area (Å²) in [6.07, 6.45) is 6.08. The third-order valence-corrected chi connectivity index (χ3v) is 2.63. The Balaban J connectivity index is 2.74. The SMILES string of the molecule is CCCCC(CC=O)c1nc(C(C)=O)c[nH]1. The number of unbranched alkanes of at least 4 members (excludes halogenated alkanes) is 1. The summed E-state index contributed by atoms with van der Waals surface area (Å²) in [6.45, 7) is 3.60. The molecule has 1 aromatic rings. The van der Waals surface area contributed by atoms with Gasteiger partial charge < -0.3 is 9.78 Å². The van der Waals surface area contributed by atoms with Crippen molar-refractivity contribution in [2.75, 3.05) is 0 Å². The molecule has 0 spiro atoms. The minimum Gasteiger partial charge on any atom is -0.348 e. The molecule has 0 radical (unpaired) electrons. The predicted molar refractivity (Wildman–Crippen MR) is 61.5 cm³/mol. The van der Waals surface area contributed by atoms with E-state index in [0.717, 1.165) is 31.4 Å². The summed E-state index contributed by atoms with van der Waals surface area (Å²) >= 11 is 0. The molecule has 0 saturated heterocycles. The van der Waals surface area contributed by atoms with E-state index in [1.165, 1.54) is 6.92 Å². The van der Waals surface area contributed by atoms with Crippen LogP contribution < -0.4 is 0 Å². The Morgan fingerprint density at radius 1 is 1.62 bits per heavy atom. The molecule has 1 atom stereocenters. The van der Waals surface area contributed by atoms with Gasteiger partial charge in [-0.1, -0.05) is 19.8 Å². The van der Waals surface area contributed by atoms with Crippen LogP contribution in [0.25, 0.3) is 0 Å². The van der Waals surface area contributed by atoms with Crippen LogP contribution in [0.15, 0.2) is 6.20 Å². The van der Waals surface area contributed by atoms with Crippen LogP contribution in [0.1, 0.15) is 61.8 Å². The highest BCUT2D eigenvalue weighted by Gasteiger charge is 2.15. The molecule has 1 heterocycles. The van der Waals surface area contributed by atoms with E-state index in [1.54, 1.807) is 6.20 Å². The zero-order valence-corrected chi connectivity index (χ0v) is 9.82. The highest BCUT2D eigenvalue weighted by molar-refractivity contribution is 5.91. The molecule has 16 heavy (non-hydrogen) atoms. The summed E-state index contributed by atoms with van der Waals surface area (Å²) in [6, 6.07) is 0. The maximum absolute atomic E-state index is 11.1. The molecule has 88 valence electrons. The molecule has 1 N–H and O–H groups in total. The van der Waals surface area contributed by atoms with Crippen LogP contribution in [-0.2, 0) is 4.79 Å². The van der Waals surface area contributed by atoms with E-state index in [0.29, 0.717) is 12.1 Å². The van der Waals surface area contributed by atoms with Crippen molar-refractivity contribution in [3.05, 3.63) is 17.7 Å². The van der Waals surface area contributed by atoms with Crippen LogP contribution in [0.5, 0.6) is 0 Å². The lowest BCUT2D eigenvalue weighted by Gasteiger charge is -2.09. The Morgan fingerprint density at radius 2 is 2.38 bits per heavy atom. The molecule has 1 unspecified atom stereocenters. The summed E-state index contributed by atoms with van der Waals surface area (Å²) < 4.78 is 0. The standard InChI is InChI=1S/C12H18N2O2/c1-3-4-5-10(6-7-15)12-13-8-11(14-12)9(2)16/h7-8,10H,3-6H2,1-2H3,(H,13,14). The van der Waals surface area contributed by atoms with Crippen molar-refractivity contribution in [3.63, 3.8) is 0 Å². The van der Waals surface area contributed by atoms with Crippen molar-refractivity contribution >= 4 is 12.1 Å². The van der Waals surface area contributed by atoms with Gasteiger partial charge in [-0.25, -0.2) is 4.98 Å². The fraction of sp³-hybridized carbons (Fsp3) is 0.583. The Morgan fingerprint density at radius 3 is 2.88 bits per heavy atom. The lowest BCUT2D eigenvalue weighted by Crippen LogP contribution is -2.03. The number of carbonyl (C=O) groups is 2. The van der Waals surface area contributed by atoms with Gasteiger partial charge in [0, 0.05) is 25.5 Å². The normalized spacial score (nSPS) is 12.4. The van der Waals surface area contributed by atoms with Crippen LogP contribution in [0, 0.1) is 0 Å². The summed E-state index contributed by atoms with van der Waals surface area (Å²) in [7, 11) is 0. The zero-order chi connectivity index (χ0) is 12.0. The molecule has 4 nitrogen and oxygen atoms in total. The Labute approximate surface area is 95.5 Å². The summed E-state index contributed by atoms with van der Waals surface area (Å²) in [4.78, 5) is 28.9. The van der Waals surface area contributed by atoms with Gasteiger partial charge in [-0.05, 0) is 6.42 Å². The van der Waals surface area contributed by atoms with Gasteiger partial charge in [0.05, 0.1) is 0 Å². The van der Waals surface area contributed by atoms with Crippen LogP contribution in [0.2, 0.25) is 0 Å². The lowest BCUT2D eigenvalue weighted by molar-refractivity contribution is -0.108. The molecule has 0 aliphatic rings. The van der Waals surface area contributed by atoms with Gasteiger partial charge in [0.25, 0.3) is 0 Å². The number of H-pyrrole nitrogens is 1. The number of rotatable bonds is 7. The molecule has 1 rings (SSSR count). The monoisotopic (exact) mass is 222 g/mol. The van der Waals surface area contributed by atoms with E-state index in [1.807, 2.05) is 0 Å². The number of aromatic nitrogens is 2. The van der Waals surface area contributed by atoms with Crippen molar-refractivity contribution < 1.29 is 9.59 Å². The van der Waals surface area contributed by atoms with Gasteiger partial charge in [-0.2, -0.15) is 0 Å². The van der Waals surface area contributed by atoms with Gasteiger partial charge in [0.15, 0.2) is 5.78 Å². The van der Waals surface area contributed by atoms with Gasteiger partial charge in [-0.15, -0.1) is 0 Å². The smallest absolute Gasteiger partial charge is 0.179 e. The van der Waals surface area contributed by atoms with E-state index in [-0.39, 0.29) is 11.7 Å². The van der Waals surface area contributed by atoms with Crippen LogP contribution >= 0.6 is 0 Å². The van der Waals surface area contributed by atoms with Crippen molar-refractivity contribution in [3.8, 4) is 0 Å². The number of imidazole rings is 1. The Hall–Kier alpha value is -1.45. The number of aldehydes is 1. The molecule has 4 heteroatoms. The number of aromatic amines is 1. The molecule has 1 aromatic heterocycles. The second-order valence-electron chi connectivity index (χ2n) is 3.97. The topological polar surface area (TPSA) is 62.8 Å². The first-order valence-electron chi connectivity index (χ1n) is 5.68. The third-order valence-electron chi connectivity index (χ3n) is 2.63. The van der Waals surface area contributed by atoms with Crippen LogP contribution in [-0.4, -0.2) is 22.0 Å². The van der Waals surface area contributed by atoms with Crippen molar-refractivity contribution in [2.45, 2.75) is 45.4 Å². The predicted octanol–water partition coefficient (Wildman–Crippen LogP) is 2.48. The quantitative estimate of drug-likeness (QED) is 0.569. The van der Waals surface area contributed by atoms with E-state index >= 15 is 0 Å². The van der Waals surface area contributed by atoms with Crippen molar-refractivity contribution in [2.24, 2.45) is 0 Å². The Bertz CT molecular complexity index is 358. The first kappa shape index (κ1) is 12.6. The minimum absolute atomic E-state index is 0.0529. The summed E-state index contributed by atoms with van der Waals surface area (Å²) in [5.41, 5.74) is 0.447. The van der Waals surface area contributed by atoms with Gasteiger partial charge in [0.2, 0.25) is 0 Å². The number of hydrogen-bond donors (Lipinski definition) is 1. The van der Waals surface area contributed by atoms with Crippen molar-refractivity contribution in [1.29, 1.82) is 0 Å². The van der Waals surface area contributed by atoms with Gasteiger partial charge >= 0.3 is 0 Å². The van der Waals surface area contributed by atoms with Gasteiger partial charge in [-0.3, -0.25) is 4.79 Å². The number of carbonyl (C=O) groups excluding carboxylic acids is 2. The first-order chi connectivity index (χ1) is 7.69. The second kappa shape index (κ2) is 6.20. The molecule has 0 aliphatic heterocycles. The van der Waals surface area contributed by atoms with Gasteiger partial charge in [0.1, 0.15) is 17.8 Å². The molecular weight excluding hydrogens is 204 g/mol. The maximum Gasteiger partial charge on any atom is 0.179 e. The third kappa shape index (κ3) is 3.29. The second-order valence-corrected chi connectivity index (χ2v) is 3.97. The van der Waals surface area contributed by atoms with Crippen molar-refractivity contribution in [1.82, 2.24) is 9.97 Å². The Kier molecular flexibility index (Phi) is 4.89. The molecule has 0 aromatic carbocycles. The number of nitrogens with zero attached hydrogens (tertiary/aromatic N) is 1. The summed E-state index contributed by atoms with van der Waals surface area (Å²) in [5, 5.41) is 0. The number of ketones is 1. The number of Topliss-reactive ketones (excluding diaryl/α,β-unsaturated/α-hetero) is 1. The highest BCUT2D eigenvalue weighted by Crippen LogP contribution is 2.22. The molecule has 0 aliphatic carbocycles. The van der Waals surface area contributed by atoms with E-state index in [9.17, 15) is 9.59 Å².